The third kappa shape index (κ3) is 4.37. The molecule has 4 nitrogen and oxygen atoms in total. The van der Waals surface area contributed by atoms with E-state index in [1.54, 1.807) is 0 Å². The van der Waals surface area contributed by atoms with E-state index in [0.717, 1.165) is 19.4 Å². The first-order chi connectivity index (χ1) is 9.69. The fourth-order valence-electron chi connectivity index (χ4n) is 2.92. The number of amides is 1. The molecule has 1 fully saturated rings. The molecule has 1 atom stereocenters. The van der Waals surface area contributed by atoms with Crippen LogP contribution in [0.3, 0.4) is 0 Å². The lowest BCUT2D eigenvalue weighted by molar-refractivity contribution is -0.122. The first-order valence-corrected chi connectivity index (χ1v) is 7.87. The molecule has 112 valence electrons. The molecule has 1 heterocycles. The molecule has 1 aliphatic carbocycles. The van der Waals surface area contributed by atoms with E-state index >= 15 is 0 Å². The summed E-state index contributed by atoms with van der Waals surface area (Å²) < 4.78 is 1.97. The van der Waals surface area contributed by atoms with E-state index in [4.69, 9.17) is 0 Å². The van der Waals surface area contributed by atoms with Crippen molar-refractivity contribution in [2.45, 2.75) is 64.6 Å². The maximum atomic E-state index is 12.0. The van der Waals surface area contributed by atoms with Crippen LogP contribution >= 0.6 is 0 Å². The Morgan fingerprint density at radius 3 is 2.85 bits per heavy atom. The van der Waals surface area contributed by atoms with Gasteiger partial charge >= 0.3 is 0 Å². The lowest BCUT2D eigenvalue weighted by atomic mass is 9.95. The molecule has 1 unspecified atom stereocenters. The molecule has 1 aromatic rings. The van der Waals surface area contributed by atoms with E-state index in [2.05, 4.69) is 36.7 Å². The van der Waals surface area contributed by atoms with Gasteiger partial charge in [-0.3, -0.25) is 4.79 Å². The van der Waals surface area contributed by atoms with E-state index in [1.165, 1.54) is 24.8 Å². The van der Waals surface area contributed by atoms with Gasteiger partial charge in [0.15, 0.2) is 0 Å². The zero-order valence-corrected chi connectivity index (χ0v) is 12.7. The number of carbonyl (C=O) groups is 1. The van der Waals surface area contributed by atoms with E-state index < -0.39 is 0 Å². The number of carbonyl (C=O) groups excluding carboxylic acids is 1. The van der Waals surface area contributed by atoms with Gasteiger partial charge in [-0.05, 0) is 37.9 Å². The lowest BCUT2D eigenvalue weighted by Crippen LogP contribution is -2.38. The largest absolute Gasteiger partial charge is 0.352 e. The smallest absolute Gasteiger partial charge is 0.240 e. The van der Waals surface area contributed by atoms with Crippen molar-refractivity contribution in [2.24, 2.45) is 0 Å². The van der Waals surface area contributed by atoms with E-state index in [1.807, 2.05) is 10.8 Å². The van der Waals surface area contributed by atoms with Gasteiger partial charge in [0, 0.05) is 24.5 Å². The van der Waals surface area contributed by atoms with Crippen LogP contribution < -0.4 is 10.6 Å². The average Bonchev–Trinajstić information content (AvgIpc) is 2.88. The maximum absolute atomic E-state index is 12.0. The van der Waals surface area contributed by atoms with Gasteiger partial charge in [-0.15, -0.1) is 0 Å². The van der Waals surface area contributed by atoms with Crippen molar-refractivity contribution in [3.8, 4) is 0 Å². The molecule has 0 radical (unpaired) electrons. The number of aromatic nitrogens is 1. The Labute approximate surface area is 121 Å². The molecule has 1 saturated carbocycles. The van der Waals surface area contributed by atoms with Crippen LogP contribution in [-0.4, -0.2) is 23.1 Å². The van der Waals surface area contributed by atoms with E-state index in [0.29, 0.717) is 18.6 Å². The number of hydrogen-bond donors (Lipinski definition) is 2. The SMILES string of the molecule is CCNC(C)c1ccn(CC(=O)NC2CCCCC2)c1. The summed E-state index contributed by atoms with van der Waals surface area (Å²) in [5.41, 5.74) is 1.23. The van der Waals surface area contributed by atoms with Crippen LogP contribution in [0.15, 0.2) is 18.5 Å². The van der Waals surface area contributed by atoms with Gasteiger partial charge in [0.2, 0.25) is 5.91 Å². The van der Waals surface area contributed by atoms with Gasteiger partial charge in [0.05, 0.1) is 0 Å². The molecular formula is C16H27N3O. The normalized spacial score (nSPS) is 17.9. The molecule has 2 rings (SSSR count). The summed E-state index contributed by atoms with van der Waals surface area (Å²) in [7, 11) is 0. The molecule has 2 N–H and O–H groups in total. The predicted molar refractivity (Wildman–Crippen MR) is 81.5 cm³/mol. The van der Waals surface area contributed by atoms with Crippen LogP contribution in [0.5, 0.6) is 0 Å². The minimum atomic E-state index is 0.134. The van der Waals surface area contributed by atoms with Gasteiger partial charge in [-0.1, -0.05) is 26.2 Å². The Hall–Kier alpha value is -1.29. The molecule has 4 heteroatoms. The standard InChI is InChI=1S/C16H27N3O/c1-3-17-13(2)14-9-10-19(11-14)12-16(20)18-15-7-5-4-6-8-15/h9-11,13,15,17H,3-8,12H2,1-2H3,(H,18,20). The Morgan fingerprint density at radius 2 is 2.15 bits per heavy atom. The number of nitrogens with zero attached hydrogens (tertiary/aromatic N) is 1. The van der Waals surface area contributed by atoms with Crippen LogP contribution in [-0.2, 0) is 11.3 Å². The summed E-state index contributed by atoms with van der Waals surface area (Å²) in [5, 5.41) is 6.54. The summed E-state index contributed by atoms with van der Waals surface area (Å²) in [6.45, 7) is 5.63. The Kier molecular flexibility index (Phi) is 5.65. The first-order valence-electron chi connectivity index (χ1n) is 7.87. The summed E-state index contributed by atoms with van der Waals surface area (Å²) in [6.07, 6.45) is 10.1. The van der Waals surface area contributed by atoms with Crippen molar-refractivity contribution in [3.63, 3.8) is 0 Å². The summed E-state index contributed by atoms with van der Waals surface area (Å²) >= 11 is 0. The topological polar surface area (TPSA) is 46.1 Å². The van der Waals surface area contributed by atoms with Crippen molar-refractivity contribution in [1.82, 2.24) is 15.2 Å². The average molecular weight is 277 g/mol. The molecule has 0 saturated heterocycles. The van der Waals surface area contributed by atoms with Crippen molar-refractivity contribution < 1.29 is 4.79 Å². The van der Waals surface area contributed by atoms with Gasteiger partial charge in [-0.25, -0.2) is 0 Å². The Morgan fingerprint density at radius 1 is 1.40 bits per heavy atom. The highest BCUT2D eigenvalue weighted by atomic mass is 16.2. The third-order valence-corrected chi connectivity index (χ3v) is 4.08. The second-order valence-electron chi connectivity index (χ2n) is 5.80. The molecular weight excluding hydrogens is 250 g/mol. The van der Waals surface area contributed by atoms with Gasteiger partial charge in [-0.2, -0.15) is 0 Å². The van der Waals surface area contributed by atoms with Crippen LogP contribution in [0.4, 0.5) is 0 Å². The van der Waals surface area contributed by atoms with Gasteiger partial charge < -0.3 is 15.2 Å². The molecule has 1 amide bonds. The van der Waals surface area contributed by atoms with Crippen molar-refractivity contribution >= 4 is 5.91 Å². The number of nitrogens with one attached hydrogen (secondary N) is 2. The van der Waals surface area contributed by atoms with Crippen molar-refractivity contribution in [1.29, 1.82) is 0 Å². The molecule has 0 bridgehead atoms. The first kappa shape index (κ1) is 15.1. The third-order valence-electron chi connectivity index (χ3n) is 4.08. The Bertz CT molecular complexity index is 421. The van der Waals surface area contributed by atoms with Crippen LogP contribution in [0, 0.1) is 0 Å². The fourth-order valence-corrected chi connectivity index (χ4v) is 2.92. The molecule has 20 heavy (non-hydrogen) atoms. The van der Waals surface area contributed by atoms with Gasteiger partial charge in [0.1, 0.15) is 6.54 Å². The zero-order chi connectivity index (χ0) is 14.4. The fraction of sp³-hybridized carbons (Fsp3) is 0.688. The number of rotatable bonds is 6. The highest BCUT2D eigenvalue weighted by Gasteiger charge is 2.16. The minimum absolute atomic E-state index is 0.134. The Balaban J connectivity index is 1.81. The molecule has 0 spiro atoms. The van der Waals surface area contributed by atoms with E-state index in [-0.39, 0.29) is 5.91 Å². The predicted octanol–water partition coefficient (Wildman–Crippen LogP) is 2.61. The minimum Gasteiger partial charge on any atom is -0.352 e. The van der Waals surface area contributed by atoms with Crippen LogP contribution in [0.25, 0.3) is 0 Å². The second kappa shape index (κ2) is 7.48. The molecule has 1 aromatic heterocycles. The lowest BCUT2D eigenvalue weighted by Gasteiger charge is -2.22. The molecule has 0 aliphatic heterocycles. The van der Waals surface area contributed by atoms with Crippen LogP contribution in [0.2, 0.25) is 0 Å². The summed E-state index contributed by atoms with van der Waals surface area (Å²) in [4.78, 5) is 12.0. The summed E-state index contributed by atoms with van der Waals surface area (Å²) in [5.74, 6) is 0.134. The van der Waals surface area contributed by atoms with E-state index in [9.17, 15) is 4.79 Å². The second-order valence-corrected chi connectivity index (χ2v) is 5.80. The molecule has 1 aliphatic rings. The molecule has 0 aromatic carbocycles. The highest BCUT2D eigenvalue weighted by Crippen LogP contribution is 2.17. The summed E-state index contributed by atoms with van der Waals surface area (Å²) in [6, 6.07) is 2.82. The van der Waals surface area contributed by atoms with Crippen molar-refractivity contribution in [3.05, 3.63) is 24.0 Å². The number of hydrogen-bond acceptors (Lipinski definition) is 2. The van der Waals surface area contributed by atoms with Crippen LogP contribution in [0.1, 0.15) is 57.6 Å². The van der Waals surface area contributed by atoms with Crippen molar-refractivity contribution in [2.75, 3.05) is 6.54 Å². The highest BCUT2D eigenvalue weighted by molar-refractivity contribution is 5.76. The monoisotopic (exact) mass is 277 g/mol. The maximum Gasteiger partial charge on any atom is 0.240 e. The zero-order valence-electron chi connectivity index (χ0n) is 12.7. The quantitative estimate of drug-likeness (QED) is 0.839. The van der Waals surface area contributed by atoms with Gasteiger partial charge in [0.25, 0.3) is 0 Å².